The third-order valence-corrected chi connectivity index (χ3v) is 6.73. The predicted octanol–water partition coefficient (Wildman–Crippen LogP) is 2.44. The summed E-state index contributed by atoms with van der Waals surface area (Å²) in [5, 5.41) is 6.25. The van der Waals surface area contributed by atoms with Gasteiger partial charge in [0.05, 0.1) is 6.61 Å². The summed E-state index contributed by atoms with van der Waals surface area (Å²) in [6, 6.07) is 10.9. The number of rotatable bonds is 11. The van der Waals surface area contributed by atoms with Crippen molar-refractivity contribution in [1.82, 2.24) is 10.0 Å². The second kappa shape index (κ2) is 11.8. The predicted molar refractivity (Wildman–Crippen MR) is 118 cm³/mol. The quantitative estimate of drug-likeness (QED) is 0.282. The van der Waals surface area contributed by atoms with E-state index in [1.165, 1.54) is 11.3 Å². The van der Waals surface area contributed by atoms with E-state index in [0.29, 0.717) is 29.9 Å². The maximum atomic E-state index is 12.2. The van der Waals surface area contributed by atoms with Gasteiger partial charge in [-0.05, 0) is 31.2 Å². The van der Waals surface area contributed by atoms with Crippen molar-refractivity contribution in [3.63, 3.8) is 0 Å². The van der Waals surface area contributed by atoms with E-state index in [9.17, 15) is 8.42 Å². The van der Waals surface area contributed by atoms with Crippen LogP contribution in [-0.4, -0.2) is 54.8 Å². The van der Waals surface area contributed by atoms with Gasteiger partial charge in [0.2, 0.25) is 10.0 Å². The summed E-state index contributed by atoms with van der Waals surface area (Å²) in [4.78, 5) is 5.11. The molecule has 0 radical (unpaired) electrons. The van der Waals surface area contributed by atoms with Crippen LogP contribution in [0.1, 0.15) is 11.3 Å². The summed E-state index contributed by atoms with van der Waals surface area (Å²) >= 11 is 1.25. The van der Waals surface area contributed by atoms with Crippen LogP contribution in [0, 0.1) is 6.92 Å². The van der Waals surface area contributed by atoms with Gasteiger partial charge in [0.25, 0.3) is 0 Å². The second-order valence-electron chi connectivity index (χ2n) is 6.11. The average Bonchev–Trinajstić information content (AvgIpc) is 3.15. The highest BCUT2D eigenvalue weighted by Gasteiger charge is 2.15. The Bertz CT molecular complexity index is 897. The Morgan fingerprint density at radius 3 is 2.69 bits per heavy atom. The Morgan fingerprint density at radius 1 is 1.17 bits per heavy atom. The van der Waals surface area contributed by atoms with Gasteiger partial charge in [-0.2, -0.15) is 0 Å². The third-order valence-electron chi connectivity index (χ3n) is 3.77. The Morgan fingerprint density at radius 2 is 2.00 bits per heavy atom. The highest BCUT2D eigenvalue weighted by molar-refractivity contribution is 7.91. The molecule has 3 N–H and O–H groups in total. The number of ether oxygens (including phenoxy) is 2. The van der Waals surface area contributed by atoms with Gasteiger partial charge >= 0.3 is 0 Å². The van der Waals surface area contributed by atoms with E-state index in [4.69, 9.17) is 9.47 Å². The number of aliphatic imine (C=N–C) groups is 1. The maximum Gasteiger partial charge on any atom is 0.250 e. The number of hydrogen-bond donors (Lipinski definition) is 3. The number of nitrogens with zero attached hydrogens (tertiary/aromatic N) is 1. The van der Waals surface area contributed by atoms with Crippen LogP contribution >= 0.6 is 11.3 Å². The average molecular weight is 441 g/mol. The highest BCUT2D eigenvalue weighted by Crippen LogP contribution is 2.20. The lowest BCUT2D eigenvalue weighted by atomic mass is 10.3. The molecule has 8 nitrogen and oxygen atoms in total. The van der Waals surface area contributed by atoms with E-state index >= 15 is 0 Å². The lowest BCUT2D eigenvalue weighted by Crippen LogP contribution is -2.37. The molecule has 0 atom stereocenters. The van der Waals surface area contributed by atoms with E-state index in [-0.39, 0.29) is 6.54 Å². The lowest BCUT2D eigenvalue weighted by Gasteiger charge is -2.13. The second-order valence-corrected chi connectivity index (χ2v) is 9.39. The molecule has 0 spiro atoms. The largest absolute Gasteiger partial charge is 0.493 e. The van der Waals surface area contributed by atoms with E-state index in [2.05, 4.69) is 20.3 Å². The number of nitrogens with one attached hydrogen (secondary N) is 3. The Kier molecular flexibility index (Phi) is 9.39. The molecule has 2 aromatic rings. The van der Waals surface area contributed by atoms with Crippen molar-refractivity contribution in [3.05, 3.63) is 41.3 Å². The Labute approximate surface area is 176 Å². The summed E-state index contributed by atoms with van der Waals surface area (Å²) in [6.07, 6.45) is 0.818. The normalized spacial score (nSPS) is 12.0. The fraction of sp³-hybridized carbons (Fsp3) is 0.421. The van der Waals surface area contributed by atoms with Gasteiger partial charge in [0.15, 0.2) is 5.96 Å². The van der Waals surface area contributed by atoms with E-state index < -0.39 is 10.0 Å². The van der Waals surface area contributed by atoms with Gasteiger partial charge in [-0.3, -0.25) is 4.99 Å². The number of hydrogen-bond acceptors (Lipinski definition) is 6. The highest BCUT2D eigenvalue weighted by atomic mass is 32.2. The molecule has 1 heterocycles. The molecule has 29 heavy (non-hydrogen) atoms. The first-order valence-electron chi connectivity index (χ1n) is 9.20. The summed E-state index contributed by atoms with van der Waals surface area (Å²) in [5.41, 5.74) is 0.817. The summed E-state index contributed by atoms with van der Waals surface area (Å²) < 4.78 is 38.0. The van der Waals surface area contributed by atoms with Crippen LogP contribution in [-0.2, 0) is 14.8 Å². The van der Waals surface area contributed by atoms with Gasteiger partial charge in [-0.1, -0.05) is 6.07 Å². The number of aryl methyl sites for hydroxylation is 1. The minimum atomic E-state index is -3.48. The third kappa shape index (κ3) is 8.01. The number of guanidine groups is 1. The van der Waals surface area contributed by atoms with E-state index in [0.717, 1.165) is 22.7 Å². The molecule has 0 bridgehead atoms. The molecule has 2 rings (SSSR count). The van der Waals surface area contributed by atoms with Crippen molar-refractivity contribution < 1.29 is 17.9 Å². The fourth-order valence-electron chi connectivity index (χ4n) is 2.37. The molecule has 0 saturated carbocycles. The molecule has 0 aliphatic heterocycles. The van der Waals surface area contributed by atoms with Crippen LogP contribution in [0.3, 0.4) is 0 Å². The molecule has 0 amide bonds. The molecule has 0 fully saturated rings. The van der Waals surface area contributed by atoms with Gasteiger partial charge in [-0.25, -0.2) is 13.1 Å². The van der Waals surface area contributed by atoms with Crippen molar-refractivity contribution in [2.75, 3.05) is 45.8 Å². The molecular formula is C19H28N4O4S2. The van der Waals surface area contributed by atoms with Gasteiger partial charge in [0.1, 0.15) is 9.96 Å². The van der Waals surface area contributed by atoms with Crippen LogP contribution in [0.15, 0.2) is 45.6 Å². The van der Waals surface area contributed by atoms with Crippen molar-refractivity contribution >= 4 is 33.0 Å². The van der Waals surface area contributed by atoms with Crippen LogP contribution < -0.4 is 20.1 Å². The number of benzene rings is 1. The van der Waals surface area contributed by atoms with Crippen molar-refractivity contribution in [2.45, 2.75) is 17.6 Å². The van der Waals surface area contributed by atoms with Gasteiger partial charge in [0, 0.05) is 56.9 Å². The number of anilines is 1. The Hall–Kier alpha value is -2.14. The first-order valence-corrected chi connectivity index (χ1v) is 11.5. The van der Waals surface area contributed by atoms with E-state index in [1.54, 1.807) is 26.3 Å². The Balaban J connectivity index is 1.79. The summed E-state index contributed by atoms with van der Waals surface area (Å²) in [7, 11) is -0.163. The zero-order chi connectivity index (χ0) is 21.1. The van der Waals surface area contributed by atoms with Crippen molar-refractivity contribution in [2.24, 2.45) is 4.99 Å². The monoisotopic (exact) mass is 440 g/mol. The molecule has 10 heteroatoms. The number of sulfonamides is 1. The molecule has 1 aromatic carbocycles. The van der Waals surface area contributed by atoms with Gasteiger partial charge < -0.3 is 20.1 Å². The zero-order valence-electron chi connectivity index (χ0n) is 16.9. The number of methoxy groups -OCH3 is 1. The molecule has 0 unspecified atom stereocenters. The van der Waals surface area contributed by atoms with Crippen LogP contribution in [0.4, 0.5) is 5.69 Å². The van der Waals surface area contributed by atoms with E-state index in [1.807, 2.05) is 31.2 Å². The first kappa shape index (κ1) is 23.1. The summed E-state index contributed by atoms with van der Waals surface area (Å²) in [5.74, 6) is 1.29. The fourth-order valence-corrected chi connectivity index (χ4v) is 4.73. The van der Waals surface area contributed by atoms with Crippen molar-refractivity contribution in [1.29, 1.82) is 0 Å². The molecular weight excluding hydrogens is 412 g/mol. The lowest BCUT2D eigenvalue weighted by molar-refractivity contribution is 0.172. The molecule has 160 valence electrons. The summed E-state index contributed by atoms with van der Waals surface area (Å²) in [6.45, 7) is 3.73. The van der Waals surface area contributed by atoms with Crippen LogP contribution in [0.2, 0.25) is 0 Å². The van der Waals surface area contributed by atoms with Gasteiger partial charge in [-0.15, -0.1) is 11.3 Å². The minimum absolute atomic E-state index is 0.239. The molecule has 0 saturated heterocycles. The smallest absolute Gasteiger partial charge is 0.250 e. The topological polar surface area (TPSA) is 101 Å². The number of thiophene rings is 1. The SMILES string of the molecule is CN=C(NCCNS(=O)(=O)c1ccc(C)s1)Nc1cccc(OCCCOC)c1. The minimum Gasteiger partial charge on any atom is -0.493 e. The molecule has 0 aliphatic rings. The maximum absolute atomic E-state index is 12.2. The standard InChI is InChI=1S/C19H28N4O4S2/c1-15-8-9-18(28-15)29(24,25)22-11-10-21-19(20-2)23-16-6-4-7-17(14-16)27-13-5-12-26-3/h4,6-9,14,22H,5,10-13H2,1-3H3,(H2,20,21,23). The molecule has 0 aliphatic carbocycles. The van der Waals surface area contributed by atoms with Crippen LogP contribution in [0.25, 0.3) is 0 Å². The molecule has 1 aromatic heterocycles. The van der Waals surface area contributed by atoms with Crippen molar-refractivity contribution in [3.8, 4) is 5.75 Å². The van der Waals surface area contributed by atoms with Crippen LogP contribution in [0.5, 0.6) is 5.75 Å². The first-order chi connectivity index (χ1) is 13.9. The zero-order valence-corrected chi connectivity index (χ0v) is 18.5.